The van der Waals surface area contributed by atoms with Crippen LogP contribution in [0.3, 0.4) is 0 Å². The maximum absolute atomic E-state index is 12.4. The summed E-state index contributed by atoms with van der Waals surface area (Å²) in [4.78, 5) is 12.4. The molecule has 0 saturated carbocycles. The minimum atomic E-state index is 0.0487. The highest BCUT2D eigenvalue weighted by molar-refractivity contribution is 5.93. The molecule has 0 aliphatic rings. The van der Waals surface area contributed by atoms with E-state index in [1.54, 1.807) is 4.57 Å². The Balaban J connectivity index is 2.42. The minimum Gasteiger partial charge on any atom is -0.297 e. The van der Waals surface area contributed by atoms with Crippen molar-refractivity contribution in [1.82, 2.24) is 8.97 Å². The lowest BCUT2D eigenvalue weighted by Crippen LogP contribution is -2.19. The van der Waals surface area contributed by atoms with Gasteiger partial charge in [0.1, 0.15) is 5.65 Å². The van der Waals surface area contributed by atoms with Crippen molar-refractivity contribution in [2.75, 3.05) is 0 Å². The Bertz CT molecular complexity index is 1040. The Morgan fingerprint density at radius 2 is 1.75 bits per heavy atom. The lowest BCUT2D eigenvalue weighted by molar-refractivity contribution is 0.886. The molecule has 2 aromatic heterocycles. The number of aryl methyl sites for hydroxylation is 2. The fourth-order valence-electron chi connectivity index (χ4n) is 2.95. The smallest absolute Gasteiger partial charge is 0.261 e. The van der Waals surface area contributed by atoms with Crippen LogP contribution in [0.5, 0.6) is 0 Å². The summed E-state index contributed by atoms with van der Waals surface area (Å²) in [6, 6.07) is 16.2. The molecule has 98 valence electrons. The summed E-state index contributed by atoms with van der Waals surface area (Å²) in [6.07, 6.45) is 0. The molecule has 0 unspecified atom stereocenters. The Morgan fingerprint density at radius 1 is 0.950 bits per heavy atom. The van der Waals surface area contributed by atoms with E-state index in [4.69, 9.17) is 0 Å². The van der Waals surface area contributed by atoms with Crippen molar-refractivity contribution in [2.24, 2.45) is 7.05 Å². The summed E-state index contributed by atoms with van der Waals surface area (Å²) in [6.45, 7) is 2.08. The van der Waals surface area contributed by atoms with Crippen molar-refractivity contribution >= 4 is 27.5 Å². The summed E-state index contributed by atoms with van der Waals surface area (Å²) in [5.41, 5.74) is 4.30. The summed E-state index contributed by atoms with van der Waals surface area (Å²) in [5.74, 6) is 0. The van der Waals surface area contributed by atoms with Gasteiger partial charge in [-0.05, 0) is 37.3 Å². The molecule has 0 aliphatic carbocycles. The molecule has 0 saturated heterocycles. The third-order valence-electron chi connectivity index (χ3n) is 3.96. The van der Waals surface area contributed by atoms with Crippen molar-refractivity contribution in [3.05, 3.63) is 64.4 Å². The molecule has 0 bridgehead atoms. The van der Waals surface area contributed by atoms with Gasteiger partial charge in [-0.15, -0.1) is 0 Å². The first-order chi connectivity index (χ1) is 9.66. The zero-order valence-corrected chi connectivity index (χ0v) is 11.4. The Labute approximate surface area is 115 Å². The molecule has 3 nitrogen and oxygen atoms in total. The van der Waals surface area contributed by atoms with Crippen LogP contribution >= 0.6 is 0 Å². The van der Waals surface area contributed by atoms with E-state index in [9.17, 15) is 4.79 Å². The predicted molar refractivity (Wildman–Crippen MR) is 82.4 cm³/mol. The molecule has 0 atom stereocenters. The van der Waals surface area contributed by atoms with Crippen molar-refractivity contribution in [2.45, 2.75) is 6.92 Å². The van der Waals surface area contributed by atoms with Gasteiger partial charge in [0, 0.05) is 12.4 Å². The molecule has 0 N–H and O–H groups in total. The molecule has 0 fully saturated rings. The highest BCUT2D eigenvalue weighted by Crippen LogP contribution is 2.24. The zero-order valence-electron chi connectivity index (χ0n) is 11.4. The predicted octanol–water partition coefficient (Wildman–Crippen LogP) is 3.25. The third-order valence-corrected chi connectivity index (χ3v) is 3.96. The fourth-order valence-corrected chi connectivity index (χ4v) is 2.95. The largest absolute Gasteiger partial charge is 0.297 e. The standard InChI is InChI=1S/C17H14N2O/c1-11-7-8-14-12(9-11)10-16-18(2)17(20)13-5-3-4-6-15(13)19(14)16/h3-10H,1-2H3. The second kappa shape index (κ2) is 3.73. The van der Waals surface area contributed by atoms with Crippen molar-refractivity contribution in [3.8, 4) is 0 Å². The highest BCUT2D eigenvalue weighted by atomic mass is 16.1. The number of fused-ring (bicyclic) bond motifs is 5. The molecule has 3 heteroatoms. The average Bonchev–Trinajstić information content (AvgIpc) is 2.83. The molecule has 4 aromatic rings. The average molecular weight is 262 g/mol. The minimum absolute atomic E-state index is 0.0487. The van der Waals surface area contributed by atoms with Crippen LogP contribution in [0.4, 0.5) is 0 Å². The second-order valence-electron chi connectivity index (χ2n) is 5.28. The number of aromatic nitrogens is 2. The number of benzene rings is 2. The summed E-state index contributed by atoms with van der Waals surface area (Å²) in [7, 11) is 1.83. The molecule has 2 aromatic carbocycles. The summed E-state index contributed by atoms with van der Waals surface area (Å²) in [5, 5.41) is 1.91. The van der Waals surface area contributed by atoms with E-state index < -0.39 is 0 Å². The van der Waals surface area contributed by atoms with Gasteiger partial charge in [-0.25, -0.2) is 0 Å². The van der Waals surface area contributed by atoms with Gasteiger partial charge in [0.05, 0.1) is 16.4 Å². The molecule has 2 heterocycles. The van der Waals surface area contributed by atoms with Gasteiger partial charge in [-0.3, -0.25) is 13.8 Å². The molecular weight excluding hydrogens is 248 g/mol. The van der Waals surface area contributed by atoms with Crippen LogP contribution in [0.25, 0.3) is 27.5 Å². The van der Waals surface area contributed by atoms with E-state index in [-0.39, 0.29) is 5.56 Å². The van der Waals surface area contributed by atoms with Crippen LogP contribution in [0.15, 0.2) is 53.3 Å². The molecule has 0 amide bonds. The van der Waals surface area contributed by atoms with Gasteiger partial charge in [0.2, 0.25) is 0 Å². The molecule has 0 spiro atoms. The van der Waals surface area contributed by atoms with Crippen LogP contribution in [0, 0.1) is 6.92 Å². The topological polar surface area (TPSA) is 26.4 Å². The van der Waals surface area contributed by atoms with E-state index in [0.29, 0.717) is 0 Å². The first-order valence-corrected chi connectivity index (χ1v) is 6.66. The molecule has 20 heavy (non-hydrogen) atoms. The van der Waals surface area contributed by atoms with Crippen molar-refractivity contribution < 1.29 is 0 Å². The molecule has 4 rings (SSSR count). The maximum Gasteiger partial charge on any atom is 0.261 e. The van der Waals surface area contributed by atoms with Gasteiger partial charge in [0.15, 0.2) is 0 Å². The molecule has 0 aliphatic heterocycles. The van der Waals surface area contributed by atoms with E-state index in [1.165, 1.54) is 5.56 Å². The monoisotopic (exact) mass is 262 g/mol. The number of hydrogen-bond donors (Lipinski definition) is 0. The second-order valence-corrected chi connectivity index (χ2v) is 5.28. The lowest BCUT2D eigenvalue weighted by Gasteiger charge is -2.08. The Morgan fingerprint density at radius 3 is 2.60 bits per heavy atom. The molecular formula is C17H14N2O. The quantitative estimate of drug-likeness (QED) is 0.478. The highest BCUT2D eigenvalue weighted by Gasteiger charge is 2.11. The Kier molecular flexibility index (Phi) is 2.11. The van der Waals surface area contributed by atoms with Gasteiger partial charge < -0.3 is 0 Å². The molecule has 0 radical (unpaired) electrons. The fraction of sp³-hybridized carbons (Fsp3) is 0.118. The number of para-hydroxylation sites is 1. The first kappa shape index (κ1) is 11.3. The van der Waals surface area contributed by atoms with E-state index in [1.807, 2.05) is 31.3 Å². The normalized spacial score (nSPS) is 11.7. The zero-order chi connectivity index (χ0) is 13.9. The van der Waals surface area contributed by atoms with E-state index >= 15 is 0 Å². The van der Waals surface area contributed by atoms with Crippen molar-refractivity contribution in [1.29, 1.82) is 0 Å². The van der Waals surface area contributed by atoms with Crippen LogP contribution in [-0.4, -0.2) is 8.97 Å². The third kappa shape index (κ3) is 1.32. The number of nitrogens with zero attached hydrogens (tertiary/aromatic N) is 2. The van der Waals surface area contributed by atoms with Crippen LogP contribution < -0.4 is 5.56 Å². The Hall–Kier alpha value is -2.55. The SMILES string of the molecule is Cc1ccc2c(c1)cc1n(C)c(=O)c3ccccc3n21. The summed E-state index contributed by atoms with van der Waals surface area (Å²) >= 11 is 0. The lowest BCUT2D eigenvalue weighted by atomic mass is 10.2. The van der Waals surface area contributed by atoms with Crippen molar-refractivity contribution in [3.63, 3.8) is 0 Å². The van der Waals surface area contributed by atoms with Gasteiger partial charge in [0.25, 0.3) is 5.56 Å². The van der Waals surface area contributed by atoms with Crippen LogP contribution in [0.2, 0.25) is 0 Å². The van der Waals surface area contributed by atoms with E-state index in [2.05, 4.69) is 35.6 Å². The first-order valence-electron chi connectivity index (χ1n) is 6.66. The van der Waals surface area contributed by atoms with E-state index in [0.717, 1.165) is 27.5 Å². The number of rotatable bonds is 0. The van der Waals surface area contributed by atoms with Gasteiger partial charge in [-0.2, -0.15) is 0 Å². The van der Waals surface area contributed by atoms with Gasteiger partial charge >= 0.3 is 0 Å². The maximum atomic E-state index is 12.4. The number of hydrogen-bond acceptors (Lipinski definition) is 1. The summed E-state index contributed by atoms with van der Waals surface area (Å²) < 4.78 is 3.88. The van der Waals surface area contributed by atoms with Crippen LogP contribution in [-0.2, 0) is 7.05 Å². The van der Waals surface area contributed by atoms with Gasteiger partial charge in [-0.1, -0.05) is 23.8 Å². The van der Waals surface area contributed by atoms with Crippen LogP contribution in [0.1, 0.15) is 5.56 Å².